The number of nitrogens with zero attached hydrogens (tertiary/aromatic N) is 2. The lowest BCUT2D eigenvalue weighted by Gasteiger charge is -2.38. The predicted octanol–water partition coefficient (Wildman–Crippen LogP) is 2.11. The summed E-state index contributed by atoms with van der Waals surface area (Å²) in [6, 6.07) is 9.35. The van der Waals surface area contributed by atoms with Crippen molar-refractivity contribution in [3.63, 3.8) is 0 Å². The van der Waals surface area contributed by atoms with Gasteiger partial charge in [-0.05, 0) is 31.4 Å². The average Bonchev–Trinajstić information content (AvgIpc) is 2.98. The van der Waals surface area contributed by atoms with E-state index < -0.39 is 0 Å². The number of ether oxygens (including phenoxy) is 1. The van der Waals surface area contributed by atoms with Gasteiger partial charge >= 0.3 is 12.1 Å². The summed E-state index contributed by atoms with van der Waals surface area (Å²) in [6.07, 6.45) is 2.40. The lowest BCUT2D eigenvalue weighted by molar-refractivity contribution is -0.0355. The van der Waals surface area contributed by atoms with Crippen LogP contribution in [0.5, 0.6) is 0 Å². The Kier molecular flexibility index (Phi) is 5.13. The van der Waals surface area contributed by atoms with Gasteiger partial charge in [0.1, 0.15) is 0 Å². The number of nitrogens with one attached hydrogen (secondary N) is 2. The fourth-order valence-electron chi connectivity index (χ4n) is 3.43. The first kappa shape index (κ1) is 17.5. The largest absolute Gasteiger partial charge is 0.373 e. The summed E-state index contributed by atoms with van der Waals surface area (Å²) in [7, 11) is 3.45. The Morgan fingerprint density at radius 1 is 1.20 bits per heavy atom. The molecule has 2 N–H and O–H groups in total. The fraction of sp³-hybridized carbons (Fsp3) is 0.556. The summed E-state index contributed by atoms with van der Waals surface area (Å²) >= 11 is 0. The minimum atomic E-state index is -0.214. The Morgan fingerprint density at radius 3 is 2.52 bits per heavy atom. The van der Waals surface area contributed by atoms with Gasteiger partial charge in [-0.3, -0.25) is 0 Å². The third-order valence-electron chi connectivity index (χ3n) is 4.93. The molecule has 1 atom stereocenters. The van der Waals surface area contributed by atoms with Crippen LogP contribution in [0.25, 0.3) is 0 Å². The third kappa shape index (κ3) is 4.22. The van der Waals surface area contributed by atoms with Gasteiger partial charge in [-0.25, -0.2) is 9.59 Å². The van der Waals surface area contributed by atoms with Crippen molar-refractivity contribution in [3.05, 3.63) is 30.3 Å². The minimum Gasteiger partial charge on any atom is -0.373 e. The zero-order valence-electron chi connectivity index (χ0n) is 14.8. The van der Waals surface area contributed by atoms with Crippen LogP contribution in [-0.2, 0) is 4.74 Å². The highest BCUT2D eigenvalue weighted by molar-refractivity contribution is 5.89. The van der Waals surface area contributed by atoms with E-state index in [1.165, 1.54) is 4.90 Å². The molecular weight excluding hydrogens is 320 g/mol. The summed E-state index contributed by atoms with van der Waals surface area (Å²) in [5.41, 5.74) is 0.588. The monoisotopic (exact) mass is 346 g/mol. The molecule has 0 radical (unpaired) electrons. The van der Waals surface area contributed by atoms with E-state index in [-0.39, 0.29) is 23.7 Å². The molecule has 0 aromatic heterocycles. The van der Waals surface area contributed by atoms with Gasteiger partial charge in [0.15, 0.2) is 0 Å². The molecule has 136 valence electrons. The molecule has 0 aliphatic carbocycles. The van der Waals surface area contributed by atoms with Gasteiger partial charge in [0.25, 0.3) is 0 Å². The quantitative estimate of drug-likeness (QED) is 0.861. The van der Waals surface area contributed by atoms with Crippen molar-refractivity contribution in [2.75, 3.05) is 39.1 Å². The molecule has 7 heteroatoms. The van der Waals surface area contributed by atoms with Crippen LogP contribution >= 0.6 is 0 Å². The highest BCUT2D eigenvalue weighted by Crippen LogP contribution is 2.36. The molecular formula is C18H26N4O3. The third-order valence-corrected chi connectivity index (χ3v) is 4.93. The van der Waals surface area contributed by atoms with E-state index in [1.807, 2.05) is 35.2 Å². The number of benzene rings is 1. The molecule has 7 nitrogen and oxygen atoms in total. The number of anilines is 1. The predicted molar refractivity (Wildman–Crippen MR) is 95.6 cm³/mol. The molecule has 2 aliphatic heterocycles. The number of carbonyl (C=O) groups excluding carboxylic acids is 2. The number of hydrogen-bond donors (Lipinski definition) is 2. The van der Waals surface area contributed by atoms with Gasteiger partial charge in [-0.1, -0.05) is 18.2 Å². The Morgan fingerprint density at radius 2 is 1.88 bits per heavy atom. The summed E-state index contributed by atoms with van der Waals surface area (Å²) in [6.45, 7) is 1.86. The molecule has 2 aliphatic rings. The number of likely N-dealkylation sites (tertiary alicyclic amines) is 1. The van der Waals surface area contributed by atoms with Crippen molar-refractivity contribution in [2.24, 2.45) is 0 Å². The molecule has 2 saturated heterocycles. The highest BCUT2D eigenvalue weighted by Gasteiger charge is 2.43. The maximum atomic E-state index is 12.4. The Bertz CT molecular complexity index is 612. The first-order valence-electron chi connectivity index (χ1n) is 8.70. The van der Waals surface area contributed by atoms with Crippen molar-refractivity contribution in [2.45, 2.75) is 30.9 Å². The summed E-state index contributed by atoms with van der Waals surface area (Å²) in [5, 5.41) is 5.91. The van der Waals surface area contributed by atoms with Crippen LogP contribution in [0.3, 0.4) is 0 Å². The summed E-state index contributed by atoms with van der Waals surface area (Å²) in [4.78, 5) is 27.5. The second-order valence-corrected chi connectivity index (χ2v) is 7.02. The molecule has 1 spiro atoms. The van der Waals surface area contributed by atoms with Crippen LogP contribution in [0.1, 0.15) is 19.3 Å². The Labute approximate surface area is 148 Å². The lowest BCUT2D eigenvalue weighted by Crippen LogP contribution is -2.48. The fourth-order valence-corrected chi connectivity index (χ4v) is 3.43. The molecule has 2 heterocycles. The van der Waals surface area contributed by atoms with Crippen molar-refractivity contribution in [3.8, 4) is 0 Å². The number of amides is 4. The van der Waals surface area contributed by atoms with E-state index in [0.717, 1.165) is 24.9 Å². The molecule has 2 fully saturated rings. The zero-order valence-corrected chi connectivity index (χ0v) is 14.8. The molecule has 25 heavy (non-hydrogen) atoms. The van der Waals surface area contributed by atoms with E-state index >= 15 is 0 Å². The second kappa shape index (κ2) is 7.31. The number of rotatable bonds is 2. The Hall–Kier alpha value is -2.28. The van der Waals surface area contributed by atoms with Crippen LogP contribution < -0.4 is 10.6 Å². The first-order chi connectivity index (χ1) is 12.0. The SMILES string of the molecule is CN(C)C(=O)NC1COC2(CCN(C(=O)Nc3ccccc3)CC2)C1. The smallest absolute Gasteiger partial charge is 0.321 e. The number of carbonyl (C=O) groups is 2. The van der Waals surface area contributed by atoms with Crippen LogP contribution in [-0.4, -0.2) is 67.3 Å². The van der Waals surface area contributed by atoms with Gasteiger partial charge in [-0.15, -0.1) is 0 Å². The maximum absolute atomic E-state index is 12.4. The van der Waals surface area contributed by atoms with E-state index in [4.69, 9.17) is 4.74 Å². The highest BCUT2D eigenvalue weighted by atomic mass is 16.5. The number of urea groups is 2. The number of para-hydroxylation sites is 1. The summed E-state index contributed by atoms with van der Waals surface area (Å²) < 4.78 is 6.03. The van der Waals surface area contributed by atoms with Gasteiger partial charge in [0.05, 0.1) is 18.2 Å². The molecule has 1 aromatic rings. The van der Waals surface area contributed by atoms with Crippen molar-refractivity contribution < 1.29 is 14.3 Å². The standard InChI is InChI=1S/C18H26N4O3/c1-21(2)16(23)20-15-12-18(25-13-15)8-10-22(11-9-18)17(24)19-14-6-4-3-5-7-14/h3-7,15H,8-13H2,1-2H3,(H,19,24)(H,20,23). The minimum absolute atomic E-state index is 0.0413. The van der Waals surface area contributed by atoms with Gasteiger partial charge < -0.3 is 25.2 Å². The van der Waals surface area contributed by atoms with Crippen LogP contribution in [0.15, 0.2) is 30.3 Å². The van der Waals surface area contributed by atoms with E-state index in [0.29, 0.717) is 19.7 Å². The Balaban J connectivity index is 1.48. The topological polar surface area (TPSA) is 73.9 Å². The van der Waals surface area contributed by atoms with Crippen LogP contribution in [0.2, 0.25) is 0 Å². The van der Waals surface area contributed by atoms with E-state index in [9.17, 15) is 9.59 Å². The molecule has 0 saturated carbocycles. The van der Waals surface area contributed by atoms with Crippen LogP contribution in [0.4, 0.5) is 15.3 Å². The number of hydrogen-bond acceptors (Lipinski definition) is 3. The van der Waals surface area contributed by atoms with E-state index in [2.05, 4.69) is 10.6 Å². The van der Waals surface area contributed by atoms with Crippen molar-refractivity contribution in [1.29, 1.82) is 0 Å². The van der Waals surface area contributed by atoms with Crippen molar-refractivity contribution >= 4 is 17.7 Å². The molecule has 1 aromatic carbocycles. The molecule has 1 unspecified atom stereocenters. The first-order valence-corrected chi connectivity index (χ1v) is 8.70. The zero-order chi connectivity index (χ0) is 17.9. The normalized spacial score (nSPS) is 21.8. The molecule has 3 rings (SSSR count). The lowest BCUT2D eigenvalue weighted by atomic mass is 9.87. The maximum Gasteiger partial charge on any atom is 0.321 e. The molecule has 4 amide bonds. The van der Waals surface area contributed by atoms with Gasteiger partial charge in [0, 0.05) is 32.9 Å². The number of piperidine rings is 1. The second-order valence-electron chi connectivity index (χ2n) is 7.02. The molecule has 0 bridgehead atoms. The van der Waals surface area contributed by atoms with Crippen LogP contribution in [0, 0.1) is 0 Å². The van der Waals surface area contributed by atoms with E-state index in [1.54, 1.807) is 14.1 Å². The van der Waals surface area contributed by atoms with Gasteiger partial charge in [0.2, 0.25) is 0 Å². The average molecular weight is 346 g/mol. The summed E-state index contributed by atoms with van der Waals surface area (Å²) in [5.74, 6) is 0. The van der Waals surface area contributed by atoms with Crippen molar-refractivity contribution in [1.82, 2.24) is 15.1 Å². The van der Waals surface area contributed by atoms with Gasteiger partial charge in [-0.2, -0.15) is 0 Å².